The zero-order chi connectivity index (χ0) is 19.3. The van der Waals surface area contributed by atoms with Crippen LogP contribution in [0.3, 0.4) is 0 Å². The van der Waals surface area contributed by atoms with E-state index in [1.165, 1.54) is 11.6 Å². The van der Waals surface area contributed by atoms with Crippen molar-refractivity contribution in [2.45, 2.75) is 0 Å². The molecule has 4 rings (SSSR count). The summed E-state index contributed by atoms with van der Waals surface area (Å²) < 4.78 is 5.68. The maximum absolute atomic E-state index is 12.8. The zero-order valence-electron chi connectivity index (χ0n) is 15.6. The summed E-state index contributed by atoms with van der Waals surface area (Å²) in [5.74, 6) is -0.108. The van der Waals surface area contributed by atoms with Gasteiger partial charge in [0.25, 0.3) is 5.91 Å². The van der Waals surface area contributed by atoms with Crippen molar-refractivity contribution in [3.63, 3.8) is 0 Å². The fraction of sp³-hybridized carbons (Fsp3) is 0.217. The molecule has 142 valence electrons. The summed E-state index contributed by atoms with van der Waals surface area (Å²) in [5.41, 5.74) is 1.44. The van der Waals surface area contributed by atoms with E-state index in [4.69, 9.17) is 4.42 Å². The lowest BCUT2D eigenvalue weighted by Gasteiger charge is -2.33. The van der Waals surface area contributed by atoms with E-state index >= 15 is 0 Å². The van der Waals surface area contributed by atoms with Gasteiger partial charge < -0.3 is 9.32 Å². The maximum atomic E-state index is 12.8. The van der Waals surface area contributed by atoms with Gasteiger partial charge in [-0.25, -0.2) is 0 Å². The van der Waals surface area contributed by atoms with Gasteiger partial charge in [-0.1, -0.05) is 54.6 Å². The molecule has 2 aromatic carbocycles. The highest BCUT2D eigenvalue weighted by Crippen LogP contribution is 2.14. The molecule has 3 aromatic rings. The number of piperazine rings is 1. The monoisotopic (exact) mass is 374 g/mol. The topological polar surface area (TPSA) is 53.8 Å². The molecule has 0 aliphatic carbocycles. The minimum Gasteiger partial charge on any atom is -0.451 e. The van der Waals surface area contributed by atoms with E-state index in [-0.39, 0.29) is 17.1 Å². The number of hydrogen-bond donors (Lipinski definition) is 0. The third kappa shape index (κ3) is 4.05. The van der Waals surface area contributed by atoms with Gasteiger partial charge in [0.1, 0.15) is 5.58 Å². The molecule has 1 fully saturated rings. The second-order valence-corrected chi connectivity index (χ2v) is 6.88. The summed E-state index contributed by atoms with van der Waals surface area (Å²) in [6.45, 7) is 3.68. The van der Waals surface area contributed by atoms with E-state index in [9.17, 15) is 9.59 Å². The molecule has 0 N–H and O–H groups in total. The Morgan fingerprint density at radius 2 is 1.68 bits per heavy atom. The molecule has 5 heteroatoms. The second-order valence-electron chi connectivity index (χ2n) is 6.88. The van der Waals surface area contributed by atoms with Crippen LogP contribution in [0.5, 0.6) is 0 Å². The highest BCUT2D eigenvalue weighted by atomic mass is 16.3. The van der Waals surface area contributed by atoms with Crippen molar-refractivity contribution in [2.75, 3.05) is 32.7 Å². The van der Waals surface area contributed by atoms with Crippen LogP contribution in [-0.2, 0) is 0 Å². The number of nitrogens with zero attached hydrogens (tertiary/aromatic N) is 2. The predicted octanol–water partition coefficient (Wildman–Crippen LogP) is 3.26. The third-order valence-corrected chi connectivity index (χ3v) is 4.98. The largest absolute Gasteiger partial charge is 0.451 e. The lowest BCUT2D eigenvalue weighted by atomic mass is 10.2. The molecule has 0 bridgehead atoms. The Balaban J connectivity index is 1.36. The summed E-state index contributed by atoms with van der Waals surface area (Å²) >= 11 is 0. The first kappa shape index (κ1) is 18.2. The molecule has 1 amide bonds. The van der Waals surface area contributed by atoms with Crippen LogP contribution >= 0.6 is 0 Å². The average Bonchev–Trinajstić information content (AvgIpc) is 2.74. The fourth-order valence-electron chi connectivity index (χ4n) is 3.40. The summed E-state index contributed by atoms with van der Waals surface area (Å²) in [4.78, 5) is 29.0. The SMILES string of the molecule is O=C(c1cc(=O)c2ccccc2o1)N1CCN(C/C=C/c2ccccc2)CC1. The Bertz CT molecular complexity index is 1050. The molecule has 0 unspecified atom stereocenters. The number of carbonyl (C=O) groups is 1. The van der Waals surface area contributed by atoms with E-state index < -0.39 is 0 Å². The number of fused-ring (bicyclic) bond motifs is 1. The molecule has 0 saturated carbocycles. The predicted molar refractivity (Wildman–Crippen MR) is 110 cm³/mol. The first-order valence-electron chi connectivity index (χ1n) is 9.47. The van der Waals surface area contributed by atoms with Gasteiger partial charge in [0, 0.05) is 38.8 Å². The molecule has 1 saturated heterocycles. The fourth-order valence-corrected chi connectivity index (χ4v) is 3.40. The van der Waals surface area contributed by atoms with Crippen LogP contribution < -0.4 is 5.43 Å². The van der Waals surface area contributed by atoms with Crippen LogP contribution in [0.25, 0.3) is 17.0 Å². The average molecular weight is 374 g/mol. The Hall–Kier alpha value is -3.18. The molecule has 0 atom stereocenters. The highest BCUT2D eigenvalue weighted by molar-refractivity contribution is 5.93. The van der Waals surface area contributed by atoms with Gasteiger partial charge in [-0.15, -0.1) is 0 Å². The summed E-state index contributed by atoms with van der Waals surface area (Å²) in [5, 5.41) is 0.495. The molecular formula is C23H22N2O3. The number of carbonyl (C=O) groups excluding carboxylic acids is 1. The van der Waals surface area contributed by atoms with Crippen molar-refractivity contribution in [2.24, 2.45) is 0 Å². The number of benzene rings is 2. The van der Waals surface area contributed by atoms with Gasteiger partial charge >= 0.3 is 0 Å². The Kier molecular flexibility index (Phi) is 5.35. The molecule has 28 heavy (non-hydrogen) atoms. The van der Waals surface area contributed by atoms with Crippen LogP contribution in [-0.4, -0.2) is 48.4 Å². The zero-order valence-corrected chi connectivity index (χ0v) is 15.6. The first-order valence-corrected chi connectivity index (χ1v) is 9.47. The quantitative estimate of drug-likeness (QED) is 0.703. The first-order chi connectivity index (χ1) is 13.7. The molecule has 1 aliphatic rings. The van der Waals surface area contributed by atoms with Crippen LogP contribution in [0, 0.1) is 0 Å². The minimum absolute atomic E-state index is 0.112. The van der Waals surface area contributed by atoms with Crippen molar-refractivity contribution in [1.82, 2.24) is 9.80 Å². The smallest absolute Gasteiger partial charge is 0.289 e. The highest BCUT2D eigenvalue weighted by Gasteiger charge is 2.24. The number of hydrogen-bond acceptors (Lipinski definition) is 4. The standard InChI is InChI=1S/C23H22N2O3/c26-20-17-22(28-21-11-5-4-10-19(20)21)23(27)25-15-13-24(14-16-25)12-6-9-18-7-2-1-3-8-18/h1-11,17H,12-16H2/b9-6+. The van der Waals surface area contributed by atoms with E-state index in [1.54, 1.807) is 29.2 Å². The maximum Gasteiger partial charge on any atom is 0.289 e. The van der Waals surface area contributed by atoms with Crippen LogP contribution in [0.4, 0.5) is 0 Å². The Labute approximate surface area is 163 Å². The van der Waals surface area contributed by atoms with Crippen LogP contribution in [0.2, 0.25) is 0 Å². The normalized spacial score (nSPS) is 15.4. The molecule has 1 aliphatic heterocycles. The van der Waals surface area contributed by atoms with Crippen molar-refractivity contribution in [3.05, 3.63) is 88.3 Å². The van der Waals surface area contributed by atoms with Gasteiger partial charge in [0.15, 0.2) is 11.2 Å². The van der Waals surface area contributed by atoms with Gasteiger partial charge in [0.05, 0.1) is 5.39 Å². The molecule has 0 radical (unpaired) electrons. The Morgan fingerprint density at radius 3 is 2.46 bits per heavy atom. The molecule has 0 spiro atoms. The number of amides is 1. The molecule has 1 aromatic heterocycles. The summed E-state index contributed by atoms with van der Waals surface area (Å²) in [7, 11) is 0. The molecular weight excluding hydrogens is 352 g/mol. The molecule has 2 heterocycles. The van der Waals surface area contributed by atoms with Crippen molar-refractivity contribution in [3.8, 4) is 0 Å². The van der Waals surface area contributed by atoms with Gasteiger partial charge in [-0.2, -0.15) is 0 Å². The van der Waals surface area contributed by atoms with E-state index in [2.05, 4.69) is 29.2 Å². The van der Waals surface area contributed by atoms with Crippen molar-refractivity contribution in [1.29, 1.82) is 0 Å². The summed E-state index contributed by atoms with van der Waals surface area (Å²) in [6.07, 6.45) is 4.26. The lowest BCUT2D eigenvalue weighted by molar-refractivity contribution is 0.0619. The van der Waals surface area contributed by atoms with E-state index in [1.807, 2.05) is 18.2 Å². The van der Waals surface area contributed by atoms with Crippen LogP contribution in [0.15, 0.2) is 76.0 Å². The lowest BCUT2D eigenvalue weighted by Crippen LogP contribution is -2.48. The third-order valence-electron chi connectivity index (χ3n) is 4.98. The van der Waals surface area contributed by atoms with Gasteiger partial charge in [0.2, 0.25) is 0 Å². The van der Waals surface area contributed by atoms with Gasteiger partial charge in [-0.3, -0.25) is 14.5 Å². The van der Waals surface area contributed by atoms with E-state index in [0.29, 0.717) is 24.1 Å². The molecule has 5 nitrogen and oxygen atoms in total. The van der Waals surface area contributed by atoms with Gasteiger partial charge in [-0.05, 0) is 17.7 Å². The number of rotatable bonds is 4. The van der Waals surface area contributed by atoms with Crippen molar-refractivity contribution >= 4 is 23.0 Å². The number of para-hydroxylation sites is 1. The second kappa shape index (κ2) is 8.23. The Morgan fingerprint density at radius 1 is 0.964 bits per heavy atom. The van der Waals surface area contributed by atoms with Crippen molar-refractivity contribution < 1.29 is 9.21 Å². The minimum atomic E-state index is -0.220. The summed E-state index contributed by atoms with van der Waals surface area (Å²) in [6, 6.07) is 18.5. The van der Waals surface area contributed by atoms with Crippen LogP contribution in [0.1, 0.15) is 16.1 Å². The van der Waals surface area contributed by atoms with E-state index in [0.717, 1.165) is 19.6 Å².